The molecule has 2 fully saturated rings. The lowest BCUT2D eigenvalue weighted by Gasteiger charge is -2.28. The lowest BCUT2D eigenvalue weighted by Crippen LogP contribution is -2.45. The van der Waals surface area contributed by atoms with E-state index in [-0.39, 0.29) is 18.2 Å². The van der Waals surface area contributed by atoms with Crippen LogP contribution in [0, 0.1) is 5.92 Å². The Morgan fingerprint density at radius 1 is 0.889 bits per heavy atom. The Morgan fingerprint density at radius 2 is 1.39 bits per heavy atom. The van der Waals surface area contributed by atoms with Crippen molar-refractivity contribution in [3.05, 3.63) is 0 Å². The summed E-state index contributed by atoms with van der Waals surface area (Å²) in [6.07, 6.45) is 1.61. The standard InChI is InChI=1S/C7H14O2.C6H13NO2/c1-5-3-6(2)9-4-7(5)8;1-4-2-5(7)6(8)3-9-4/h5-8H,3-4H2,1-2H3;4-6,8H,2-3,7H2,1H3/t5-,6-,7-;4-,5-,6-/m00/s1. The molecule has 18 heavy (non-hydrogen) atoms. The minimum Gasteiger partial charge on any atom is -0.390 e. The fourth-order valence-corrected chi connectivity index (χ4v) is 2.17. The van der Waals surface area contributed by atoms with Crippen LogP contribution in [0.25, 0.3) is 0 Å². The molecule has 6 atom stereocenters. The minimum atomic E-state index is -0.457. The number of hydrogen-bond donors (Lipinski definition) is 3. The zero-order valence-electron chi connectivity index (χ0n) is 11.6. The molecule has 0 unspecified atom stereocenters. The third-order valence-corrected chi connectivity index (χ3v) is 3.56. The molecule has 5 heteroatoms. The molecule has 0 amide bonds. The SMILES string of the molecule is C[C@H]1C[C@H](C)[C@@H](O)CO1.C[C@H]1C[C@H](N)[C@@H](O)CO1. The van der Waals surface area contributed by atoms with Gasteiger partial charge in [-0.2, -0.15) is 0 Å². The topological polar surface area (TPSA) is 84.9 Å². The van der Waals surface area contributed by atoms with Crippen LogP contribution in [0.1, 0.15) is 33.6 Å². The van der Waals surface area contributed by atoms with Crippen molar-refractivity contribution in [2.24, 2.45) is 11.7 Å². The van der Waals surface area contributed by atoms with Crippen LogP contribution in [0.15, 0.2) is 0 Å². The highest BCUT2D eigenvalue weighted by atomic mass is 16.5. The zero-order valence-corrected chi connectivity index (χ0v) is 11.6. The Bertz CT molecular complexity index is 215. The van der Waals surface area contributed by atoms with Gasteiger partial charge in [0.1, 0.15) is 0 Å². The van der Waals surface area contributed by atoms with Crippen molar-refractivity contribution in [1.82, 2.24) is 0 Å². The highest BCUT2D eigenvalue weighted by molar-refractivity contribution is 4.78. The zero-order chi connectivity index (χ0) is 13.7. The van der Waals surface area contributed by atoms with Crippen molar-refractivity contribution in [3.63, 3.8) is 0 Å². The van der Waals surface area contributed by atoms with E-state index in [9.17, 15) is 5.11 Å². The first kappa shape index (κ1) is 15.9. The molecule has 4 N–H and O–H groups in total. The highest BCUT2D eigenvalue weighted by Gasteiger charge is 2.24. The predicted octanol–water partition coefficient (Wildman–Crippen LogP) is 0.276. The van der Waals surface area contributed by atoms with E-state index >= 15 is 0 Å². The molecule has 2 rings (SSSR count). The number of aliphatic hydroxyl groups is 2. The molecule has 0 radical (unpaired) electrons. The van der Waals surface area contributed by atoms with E-state index in [0.29, 0.717) is 25.2 Å². The lowest BCUT2D eigenvalue weighted by molar-refractivity contribution is -0.0762. The molecular formula is C13H27NO4. The molecule has 5 nitrogen and oxygen atoms in total. The maximum absolute atomic E-state index is 9.17. The first-order chi connectivity index (χ1) is 8.40. The third-order valence-electron chi connectivity index (χ3n) is 3.56. The average Bonchev–Trinajstić information content (AvgIpc) is 2.30. The quantitative estimate of drug-likeness (QED) is 0.583. The van der Waals surface area contributed by atoms with Gasteiger partial charge in [0.15, 0.2) is 0 Å². The first-order valence-corrected chi connectivity index (χ1v) is 6.75. The first-order valence-electron chi connectivity index (χ1n) is 6.75. The molecule has 0 spiro atoms. The maximum atomic E-state index is 9.17. The van der Waals surface area contributed by atoms with Crippen molar-refractivity contribution in [3.8, 4) is 0 Å². The Labute approximate surface area is 109 Å². The van der Waals surface area contributed by atoms with Crippen LogP contribution in [0.3, 0.4) is 0 Å². The third kappa shape index (κ3) is 5.20. The minimum absolute atomic E-state index is 0.0891. The fraction of sp³-hybridized carbons (Fsp3) is 1.00. The lowest BCUT2D eigenvalue weighted by atomic mass is 9.96. The van der Waals surface area contributed by atoms with Gasteiger partial charge in [-0.15, -0.1) is 0 Å². The molecule has 2 aliphatic heterocycles. The summed E-state index contributed by atoms with van der Waals surface area (Å²) in [5.74, 6) is 0.411. The molecule has 0 aliphatic carbocycles. The molecule has 2 aliphatic rings. The fourth-order valence-electron chi connectivity index (χ4n) is 2.17. The summed E-state index contributed by atoms with van der Waals surface area (Å²) in [6.45, 7) is 6.97. The molecule has 0 bridgehead atoms. The van der Waals surface area contributed by atoms with Gasteiger partial charge in [-0.1, -0.05) is 6.92 Å². The second kappa shape index (κ2) is 7.40. The van der Waals surface area contributed by atoms with E-state index in [0.717, 1.165) is 12.8 Å². The van der Waals surface area contributed by atoms with Crippen LogP contribution in [0.5, 0.6) is 0 Å². The van der Waals surface area contributed by atoms with Crippen LogP contribution in [-0.2, 0) is 9.47 Å². The number of nitrogens with two attached hydrogens (primary N) is 1. The van der Waals surface area contributed by atoms with Gasteiger partial charge in [-0.25, -0.2) is 0 Å². The molecule has 0 aromatic carbocycles. The summed E-state index contributed by atoms with van der Waals surface area (Å²) in [4.78, 5) is 0. The largest absolute Gasteiger partial charge is 0.390 e. The Balaban J connectivity index is 0.000000180. The second-order valence-corrected chi connectivity index (χ2v) is 5.54. The van der Waals surface area contributed by atoms with Crippen LogP contribution >= 0.6 is 0 Å². The Hall–Kier alpha value is -0.200. The maximum Gasteiger partial charge on any atom is 0.0925 e. The van der Waals surface area contributed by atoms with E-state index in [1.54, 1.807) is 0 Å². The van der Waals surface area contributed by atoms with Crippen LogP contribution < -0.4 is 5.73 Å². The number of rotatable bonds is 0. The summed E-state index contributed by atoms with van der Waals surface area (Å²) < 4.78 is 10.3. The van der Waals surface area contributed by atoms with Crippen molar-refractivity contribution in [2.75, 3.05) is 13.2 Å². The van der Waals surface area contributed by atoms with Crippen LogP contribution in [0.4, 0.5) is 0 Å². The van der Waals surface area contributed by atoms with E-state index in [1.807, 2.05) is 13.8 Å². The second-order valence-electron chi connectivity index (χ2n) is 5.54. The Kier molecular flexibility index (Phi) is 6.52. The summed E-state index contributed by atoms with van der Waals surface area (Å²) in [5.41, 5.74) is 5.54. The molecular weight excluding hydrogens is 234 g/mol. The summed E-state index contributed by atoms with van der Waals surface area (Å²) >= 11 is 0. The molecule has 0 saturated carbocycles. The normalized spacial score (nSPS) is 45.0. The van der Waals surface area contributed by atoms with Crippen molar-refractivity contribution in [1.29, 1.82) is 0 Å². The number of hydrogen-bond acceptors (Lipinski definition) is 5. The Morgan fingerprint density at radius 3 is 1.78 bits per heavy atom. The van der Waals surface area contributed by atoms with Gasteiger partial charge in [-0.05, 0) is 32.6 Å². The smallest absolute Gasteiger partial charge is 0.0925 e. The van der Waals surface area contributed by atoms with Gasteiger partial charge < -0.3 is 25.4 Å². The van der Waals surface area contributed by atoms with Crippen molar-refractivity contribution in [2.45, 2.75) is 64.1 Å². The van der Waals surface area contributed by atoms with E-state index in [1.165, 1.54) is 0 Å². The van der Waals surface area contributed by atoms with Crippen LogP contribution in [0.2, 0.25) is 0 Å². The molecule has 2 heterocycles. The summed E-state index contributed by atoms with van der Waals surface area (Å²) in [6, 6.07) is -0.0891. The molecule has 0 aromatic rings. The molecule has 2 saturated heterocycles. The average molecular weight is 261 g/mol. The van der Waals surface area contributed by atoms with Gasteiger partial charge in [0, 0.05) is 6.04 Å². The van der Waals surface area contributed by atoms with Crippen molar-refractivity contribution < 1.29 is 19.7 Å². The van der Waals surface area contributed by atoms with Gasteiger partial charge >= 0.3 is 0 Å². The van der Waals surface area contributed by atoms with Gasteiger partial charge in [0.2, 0.25) is 0 Å². The van der Waals surface area contributed by atoms with E-state index < -0.39 is 6.10 Å². The summed E-state index contributed by atoms with van der Waals surface area (Å²) in [5, 5.41) is 18.2. The van der Waals surface area contributed by atoms with Gasteiger partial charge in [0.25, 0.3) is 0 Å². The number of ether oxygens (including phenoxy) is 2. The molecule has 0 aromatic heterocycles. The molecule has 108 valence electrons. The summed E-state index contributed by atoms with van der Waals surface area (Å²) in [7, 11) is 0. The van der Waals surface area contributed by atoms with Gasteiger partial charge in [0.05, 0.1) is 37.6 Å². The van der Waals surface area contributed by atoms with Gasteiger partial charge in [-0.3, -0.25) is 0 Å². The highest BCUT2D eigenvalue weighted by Crippen LogP contribution is 2.19. The predicted molar refractivity (Wildman–Crippen MR) is 69.2 cm³/mol. The van der Waals surface area contributed by atoms with Crippen molar-refractivity contribution >= 4 is 0 Å². The number of aliphatic hydroxyl groups excluding tert-OH is 2. The monoisotopic (exact) mass is 261 g/mol. The van der Waals surface area contributed by atoms with E-state index in [4.69, 9.17) is 20.3 Å². The van der Waals surface area contributed by atoms with E-state index in [2.05, 4.69) is 6.92 Å². The van der Waals surface area contributed by atoms with Crippen LogP contribution in [-0.4, -0.2) is 53.9 Å².